The van der Waals surface area contributed by atoms with E-state index in [0.717, 1.165) is 6.54 Å². The SMILES string of the molecule is CCN(C)C(C)N1CCCCC1. The van der Waals surface area contributed by atoms with E-state index in [-0.39, 0.29) is 0 Å². The fourth-order valence-electron chi connectivity index (χ4n) is 1.84. The number of rotatable bonds is 3. The largest absolute Gasteiger partial charge is 0.291 e. The molecule has 2 nitrogen and oxygen atoms in total. The van der Waals surface area contributed by atoms with Gasteiger partial charge in [-0.25, -0.2) is 0 Å². The van der Waals surface area contributed by atoms with Gasteiger partial charge in [0.2, 0.25) is 0 Å². The molecule has 12 heavy (non-hydrogen) atoms. The van der Waals surface area contributed by atoms with E-state index in [0.29, 0.717) is 6.17 Å². The van der Waals surface area contributed by atoms with Crippen LogP contribution in [0.2, 0.25) is 0 Å². The first-order valence-electron chi connectivity index (χ1n) is 5.20. The summed E-state index contributed by atoms with van der Waals surface area (Å²) in [7, 11) is 2.21. The quantitative estimate of drug-likeness (QED) is 0.637. The van der Waals surface area contributed by atoms with Crippen LogP contribution < -0.4 is 0 Å². The second kappa shape index (κ2) is 4.83. The summed E-state index contributed by atoms with van der Waals surface area (Å²) in [5, 5.41) is 0. The van der Waals surface area contributed by atoms with Crippen LogP contribution in [0.4, 0.5) is 0 Å². The fourth-order valence-corrected chi connectivity index (χ4v) is 1.84. The van der Waals surface area contributed by atoms with Gasteiger partial charge in [-0.2, -0.15) is 0 Å². The minimum absolute atomic E-state index is 0.635. The molecular formula is C10H22N2. The highest BCUT2D eigenvalue weighted by Gasteiger charge is 2.18. The maximum atomic E-state index is 2.59. The lowest BCUT2D eigenvalue weighted by molar-refractivity contribution is 0.0623. The molecule has 1 saturated heterocycles. The molecule has 1 heterocycles. The number of piperidine rings is 1. The molecule has 0 aromatic heterocycles. The summed E-state index contributed by atoms with van der Waals surface area (Å²) >= 11 is 0. The average Bonchev–Trinajstić information content (AvgIpc) is 2.17. The summed E-state index contributed by atoms with van der Waals surface area (Å²) in [6.07, 6.45) is 4.85. The third kappa shape index (κ3) is 2.46. The lowest BCUT2D eigenvalue weighted by Crippen LogP contribution is -2.46. The third-order valence-corrected chi connectivity index (χ3v) is 3.06. The number of hydrogen-bond donors (Lipinski definition) is 0. The number of likely N-dealkylation sites (tertiary alicyclic amines) is 1. The predicted octanol–water partition coefficient (Wildman–Crippen LogP) is 1.77. The summed E-state index contributed by atoms with van der Waals surface area (Å²) in [6, 6.07) is 0. The van der Waals surface area contributed by atoms with Gasteiger partial charge < -0.3 is 0 Å². The highest BCUT2D eigenvalue weighted by molar-refractivity contribution is 4.70. The van der Waals surface area contributed by atoms with Gasteiger partial charge in [0.05, 0.1) is 6.17 Å². The topological polar surface area (TPSA) is 6.48 Å². The monoisotopic (exact) mass is 170 g/mol. The molecule has 1 fully saturated rings. The normalized spacial score (nSPS) is 23.0. The Morgan fingerprint density at radius 2 is 1.83 bits per heavy atom. The molecular weight excluding hydrogens is 148 g/mol. The second-order valence-corrected chi connectivity index (χ2v) is 3.80. The molecule has 2 heteroatoms. The van der Waals surface area contributed by atoms with Crippen LogP contribution in [0.3, 0.4) is 0 Å². The predicted molar refractivity (Wildman–Crippen MR) is 53.2 cm³/mol. The van der Waals surface area contributed by atoms with Gasteiger partial charge in [-0.15, -0.1) is 0 Å². The summed E-state index contributed by atoms with van der Waals surface area (Å²) in [5.41, 5.74) is 0. The molecule has 0 N–H and O–H groups in total. The van der Waals surface area contributed by atoms with Gasteiger partial charge in [-0.3, -0.25) is 9.80 Å². The second-order valence-electron chi connectivity index (χ2n) is 3.80. The van der Waals surface area contributed by atoms with Gasteiger partial charge in [0.25, 0.3) is 0 Å². The lowest BCUT2D eigenvalue weighted by Gasteiger charge is -2.37. The molecule has 0 radical (unpaired) electrons. The molecule has 1 aliphatic rings. The smallest absolute Gasteiger partial charge is 0.0590 e. The molecule has 1 unspecified atom stereocenters. The van der Waals surface area contributed by atoms with Crippen molar-refractivity contribution in [1.29, 1.82) is 0 Å². The molecule has 1 aliphatic heterocycles. The van der Waals surface area contributed by atoms with E-state index in [9.17, 15) is 0 Å². The molecule has 0 bridgehead atoms. The molecule has 0 aromatic rings. The molecule has 0 aromatic carbocycles. The van der Waals surface area contributed by atoms with E-state index in [1.165, 1.54) is 32.4 Å². The van der Waals surface area contributed by atoms with Crippen LogP contribution in [-0.4, -0.2) is 42.6 Å². The van der Waals surface area contributed by atoms with Crippen LogP contribution in [0, 0.1) is 0 Å². The first-order chi connectivity index (χ1) is 5.75. The molecule has 0 spiro atoms. The highest BCUT2D eigenvalue weighted by Crippen LogP contribution is 2.13. The van der Waals surface area contributed by atoms with Crippen molar-refractivity contribution in [2.75, 3.05) is 26.7 Å². The number of nitrogens with zero attached hydrogens (tertiary/aromatic N) is 2. The Kier molecular flexibility index (Phi) is 4.02. The molecule has 1 rings (SSSR count). The Labute approximate surface area is 76.5 Å². The number of hydrogen-bond acceptors (Lipinski definition) is 2. The zero-order chi connectivity index (χ0) is 8.97. The molecule has 0 aliphatic carbocycles. The Balaban J connectivity index is 2.33. The van der Waals surface area contributed by atoms with Crippen molar-refractivity contribution >= 4 is 0 Å². The van der Waals surface area contributed by atoms with Crippen molar-refractivity contribution in [3.05, 3.63) is 0 Å². The van der Waals surface area contributed by atoms with Gasteiger partial charge in [-0.1, -0.05) is 13.3 Å². The van der Waals surface area contributed by atoms with Crippen LogP contribution in [0.1, 0.15) is 33.1 Å². The summed E-state index contributed by atoms with van der Waals surface area (Å²) in [5.74, 6) is 0. The standard InChI is InChI=1S/C10H22N2/c1-4-11(3)10(2)12-8-6-5-7-9-12/h10H,4-9H2,1-3H3. The van der Waals surface area contributed by atoms with E-state index in [4.69, 9.17) is 0 Å². The van der Waals surface area contributed by atoms with Gasteiger partial charge in [0.15, 0.2) is 0 Å². The van der Waals surface area contributed by atoms with Crippen LogP contribution in [0.5, 0.6) is 0 Å². The first-order valence-corrected chi connectivity index (χ1v) is 5.20. The third-order valence-electron chi connectivity index (χ3n) is 3.06. The Hall–Kier alpha value is -0.0800. The van der Waals surface area contributed by atoms with Crippen LogP contribution in [0.25, 0.3) is 0 Å². The average molecular weight is 170 g/mol. The molecule has 0 saturated carbocycles. The van der Waals surface area contributed by atoms with E-state index in [1.54, 1.807) is 0 Å². The first kappa shape index (κ1) is 10.0. The van der Waals surface area contributed by atoms with Gasteiger partial charge in [0.1, 0.15) is 0 Å². The highest BCUT2D eigenvalue weighted by atomic mass is 15.3. The molecule has 72 valence electrons. The van der Waals surface area contributed by atoms with Crippen molar-refractivity contribution in [3.8, 4) is 0 Å². The van der Waals surface area contributed by atoms with Gasteiger partial charge in [0, 0.05) is 0 Å². The van der Waals surface area contributed by atoms with Crippen molar-refractivity contribution in [2.24, 2.45) is 0 Å². The van der Waals surface area contributed by atoms with Gasteiger partial charge >= 0.3 is 0 Å². The summed E-state index contributed by atoms with van der Waals surface area (Å²) in [4.78, 5) is 5.00. The Morgan fingerprint density at radius 3 is 2.33 bits per heavy atom. The lowest BCUT2D eigenvalue weighted by atomic mass is 10.1. The minimum atomic E-state index is 0.635. The molecule has 0 amide bonds. The van der Waals surface area contributed by atoms with E-state index < -0.39 is 0 Å². The van der Waals surface area contributed by atoms with Crippen LogP contribution in [-0.2, 0) is 0 Å². The minimum Gasteiger partial charge on any atom is -0.291 e. The van der Waals surface area contributed by atoms with Crippen LogP contribution >= 0.6 is 0 Å². The summed E-state index contributed by atoms with van der Waals surface area (Å²) in [6.45, 7) is 8.28. The summed E-state index contributed by atoms with van der Waals surface area (Å²) < 4.78 is 0. The Morgan fingerprint density at radius 1 is 1.25 bits per heavy atom. The Bertz CT molecular complexity index is 119. The van der Waals surface area contributed by atoms with E-state index in [2.05, 4.69) is 30.7 Å². The zero-order valence-corrected chi connectivity index (χ0v) is 8.71. The molecule has 1 atom stereocenters. The van der Waals surface area contributed by atoms with Crippen molar-refractivity contribution in [2.45, 2.75) is 39.3 Å². The maximum Gasteiger partial charge on any atom is 0.0590 e. The van der Waals surface area contributed by atoms with Crippen molar-refractivity contribution in [3.63, 3.8) is 0 Å². The van der Waals surface area contributed by atoms with Crippen molar-refractivity contribution < 1.29 is 0 Å². The van der Waals surface area contributed by atoms with Crippen LogP contribution in [0.15, 0.2) is 0 Å². The van der Waals surface area contributed by atoms with E-state index >= 15 is 0 Å². The van der Waals surface area contributed by atoms with E-state index in [1.807, 2.05) is 0 Å². The van der Waals surface area contributed by atoms with Gasteiger partial charge in [-0.05, 0) is 46.4 Å². The fraction of sp³-hybridized carbons (Fsp3) is 1.00. The maximum absolute atomic E-state index is 2.59. The van der Waals surface area contributed by atoms with Crippen molar-refractivity contribution in [1.82, 2.24) is 9.80 Å². The zero-order valence-electron chi connectivity index (χ0n) is 8.71.